The van der Waals surface area contributed by atoms with Gasteiger partial charge in [-0.1, -0.05) is 97.9 Å². The first-order chi connectivity index (χ1) is 19.5. The van der Waals surface area contributed by atoms with Crippen LogP contribution in [0, 0.1) is 5.92 Å². The Morgan fingerprint density at radius 2 is 1.50 bits per heavy atom. The largest absolute Gasteiger partial charge is 0.392 e. The highest BCUT2D eigenvalue weighted by molar-refractivity contribution is 5.65. The highest BCUT2D eigenvalue weighted by Gasteiger charge is 2.39. The smallest absolute Gasteiger partial charge is 0.184 e. The minimum Gasteiger partial charge on any atom is -0.392 e. The van der Waals surface area contributed by atoms with Gasteiger partial charge in [-0.3, -0.25) is 4.90 Å². The van der Waals surface area contributed by atoms with Crippen molar-refractivity contribution in [1.82, 2.24) is 4.90 Å². The molecule has 1 saturated heterocycles. The third kappa shape index (κ3) is 6.35. The molecule has 0 unspecified atom stereocenters. The molecule has 0 spiro atoms. The standard InChI is InChI=1S/C35H40N2O3/c1-24-33(22-37(3)25(2)28-10-5-4-6-11-28)39-35(40-34(24)29-17-15-26(23-38)16-18-29)32-14-8-13-31(20-32)30-12-7-9-27(19-30)21-36/h4-20,24-25,33-35,38H,21-23,36H2,1-3H3/t24-,25+,33+,34+,35+/m1/s1. The Balaban J connectivity index is 1.44. The van der Waals surface area contributed by atoms with Gasteiger partial charge in [0.25, 0.3) is 0 Å². The van der Waals surface area contributed by atoms with Gasteiger partial charge in [0.2, 0.25) is 0 Å². The monoisotopic (exact) mass is 536 g/mol. The maximum absolute atomic E-state index is 9.56. The fourth-order valence-corrected chi connectivity index (χ4v) is 5.50. The van der Waals surface area contributed by atoms with Crippen LogP contribution in [-0.2, 0) is 22.6 Å². The zero-order chi connectivity index (χ0) is 28.1. The highest BCUT2D eigenvalue weighted by Crippen LogP contribution is 2.42. The third-order valence-corrected chi connectivity index (χ3v) is 8.19. The van der Waals surface area contributed by atoms with Crippen molar-refractivity contribution in [2.75, 3.05) is 13.6 Å². The molecular formula is C35H40N2O3. The topological polar surface area (TPSA) is 68.0 Å². The number of aliphatic hydroxyl groups excluding tert-OH is 1. The van der Waals surface area contributed by atoms with Crippen LogP contribution in [0.3, 0.4) is 0 Å². The van der Waals surface area contributed by atoms with Gasteiger partial charge in [-0.15, -0.1) is 0 Å². The van der Waals surface area contributed by atoms with E-state index in [1.165, 1.54) is 5.56 Å². The number of aliphatic hydroxyl groups is 1. The lowest BCUT2D eigenvalue weighted by atomic mass is 9.89. The molecule has 0 aliphatic carbocycles. The Hall–Kier alpha value is -3.32. The molecule has 0 amide bonds. The van der Waals surface area contributed by atoms with Gasteiger partial charge in [-0.2, -0.15) is 0 Å². The van der Waals surface area contributed by atoms with E-state index in [0.717, 1.165) is 39.9 Å². The van der Waals surface area contributed by atoms with Crippen molar-refractivity contribution in [3.63, 3.8) is 0 Å². The molecule has 1 aliphatic heterocycles. The molecule has 1 heterocycles. The maximum Gasteiger partial charge on any atom is 0.184 e. The second-order valence-electron chi connectivity index (χ2n) is 10.9. The number of nitrogens with zero attached hydrogens (tertiary/aromatic N) is 1. The summed E-state index contributed by atoms with van der Waals surface area (Å²) in [6, 6.07) is 35.7. The van der Waals surface area contributed by atoms with Crippen LogP contribution in [0.25, 0.3) is 11.1 Å². The number of hydrogen-bond donors (Lipinski definition) is 2. The van der Waals surface area contributed by atoms with Crippen molar-refractivity contribution in [2.45, 2.75) is 51.5 Å². The van der Waals surface area contributed by atoms with E-state index in [2.05, 4.69) is 105 Å². The molecule has 4 aromatic carbocycles. The number of hydrogen-bond acceptors (Lipinski definition) is 5. The van der Waals surface area contributed by atoms with Crippen molar-refractivity contribution in [1.29, 1.82) is 0 Å². The highest BCUT2D eigenvalue weighted by atomic mass is 16.7. The van der Waals surface area contributed by atoms with E-state index in [1.54, 1.807) is 0 Å². The molecule has 5 nitrogen and oxygen atoms in total. The zero-order valence-corrected chi connectivity index (χ0v) is 23.6. The van der Waals surface area contributed by atoms with Crippen LogP contribution in [0.5, 0.6) is 0 Å². The van der Waals surface area contributed by atoms with Gasteiger partial charge in [0.05, 0.1) is 18.8 Å². The van der Waals surface area contributed by atoms with E-state index in [4.69, 9.17) is 15.2 Å². The first kappa shape index (κ1) is 28.2. The predicted octanol–water partition coefficient (Wildman–Crippen LogP) is 6.79. The SMILES string of the molecule is C[C@@H]1[C@H](CN(C)[C@@H](C)c2ccccc2)O[C@H](c2cccc(-c3cccc(CN)c3)c2)O[C@@H]1c1ccc(CO)cc1. The number of likely N-dealkylation sites (N-methyl/N-ethyl adjacent to an activating group) is 1. The normalized spacial score (nSPS) is 21.9. The average Bonchev–Trinajstić information content (AvgIpc) is 3.02. The van der Waals surface area contributed by atoms with Gasteiger partial charge in [-0.05, 0) is 59.5 Å². The predicted molar refractivity (Wildman–Crippen MR) is 160 cm³/mol. The molecule has 3 N–H and O–H groups in total. The Morgan fingerprint density at radius 3 is 2.20 bits per heavy atom. The Bertz CT molecular complexity index is 1380. The Labute approximate surface area is 238 Å². The molecule has 1 aliphatic rings. The van der Waals surface area contributed by atoms with Gasteiger partial charge in [0.1, 0.15) is 0 Å². The quantitative estimate of drug-likeness (QED) is 0.247. The van der Waals surface area contributed by atoms with Crippen LogP contribution in [0.2, 0.25) is 0 Å². The summed E-state index contributed by atoms with van der Waals surface area (Å²) in [7, 11) is 2.16. The number of nitrogens with two attached hydrogens (primary N) is 1. The van der Waals surface area contributed by atoms with Gasteiger partial charge >= 0.3 is 0 Å². The van der Waals surface area contributed by atoms with E-state index in [1.807, 2.05) is 24.3 Å². The molecule has 1 fully saturated rings. The van der Waals surface area contributed by atoms with Crippen LogP contribution in [0.1, 0.15) is 60.1 Å². The van der Waals surface area contributed by atoms with Crippen molar-refractivity contribution < 1.29 is 14.6 Å². The molecule has 40 heavy (non-hydrogen) atoms. The summed E-state index contributed by atoms with van der Waals surface area (Å²) in [4.78, 5) is 2.36. The fraction of sp³-hybridized carbons (Fsp3) is 0.314. The number of rotatable bonds is 9. The second-order valence-corrected chi connectivity index (χ2v) is 10.9. The average molecular weight is 537 g/mol. The zero-order valence-electron chi connectivity index (χ0n) is 23.6. The number of benzene rings is 4. The summed E-state index contributed by atoms with van der Waals surface area (Å²) in [5, 5.41) is 9.56. The molecule has 0 bridgehead atoms. The lowest BCUT2D eigenvalue weighted by Gasteiger charge is -2.43. The summed E-state index contributed by atoms with van der Waals surface area (Å²) in [6.07, 6.45) is -0.718. The maximum atomic E-state index is 9.56. The van der Waals surface area contributed by atoms with Crippen molar-refractivity contribution in [2.24, 2.45) is 11.7 Å². The minimum absolute atomic E-state index is 0.0238. The van der Waals surface area contributed by atoms with E-state index >= 15 is 0 Å². The first-order valence-corrected chi connectivity index (χ1v) is 14.1. The minimum atomic E-state index is -0.512. The lowest BCUT2D eigenvalue weighted by Crippen LogP contribution is -2.44. The summed E-state index contributed by atoms with van der Waals surface area (Å²) in [5.41, 5.74) is 13.5. The molecular weight excluding hydrogens is 496 g/mol. The first-order valence-electron chi connectivity index (χ1n) is 14.1. The molecule has 5 heteroatoms. The molecule has 208 valence electrons. The second kappa shape index (κ2) is 12.9. The molecule has 0 saturated carbocycles. The molecule has 0 aromatic heterocycles. The van der Waals surface area contributed by atoms with Gasteiger partial charge in [0.15, 0.2) is 6.29 Å². The van der Waals surface area contributed by atoms with Crippen molar-refractivity contribution in [3.05, 3.63) is 131 Å². The van der Waals surface area contributed by atoms with Crippen LogP contribution < -0.4 is 5.73 Å². The molecule has 4 aromatic rings. The summed E-state index contributed by atoms with van der Waals surface area (Å²) < 4.78 is 13.5. The van der Waals surface area contributed by atoms with Crippen LogP contribution in [0.4, 0.5) is 0 Å². The van der Waals surface area contributed by atoms with Gasteiger partial charge in [-0.25, -0.2) is 0 Å². The van der Waals surface area contributed by atoms with Gasteiger partial charge in [0, 0.05) is 30.6 Å². The summed E-state index contributed by atoms with van der Waals surface area (Å²) in [6.45, 7) is 5.74. The van der Waals surface area contributed by atoms with E-state index in [0.29, 0.717) is 6.54 Å². The van der Waals surface area contributed by atoms with Crippen molar-refractivity contribution >= 4 is 0 Å². The lowest BCUT2D eigenvalue weighted by molar-refractivity contribution is -0.276. The van der Waals surface area contributed by atoms with Crippen LogP contribution in [0.15, 0.2) is 103 Å². The van der Waals surface area contributed by atoms with Crippen LogP contribution in [-0.4, -0.2) is 29.7 Å². The van der Waals surface area contributed by atoms with E-state index in [-0.39, 0.29) is 30.8 Å². The Morgan fingerprint density at radius 1 is 0.800 bits per heavy atom. The summed E-state index contributed by atoms with van der Waals surface area (Å²) >= 11 is 0. The van der Waals surface area contributed by atoms with Gasteiger partial charge < -0.3 is 20.3 Å². The molecule has 0 radical (unpaired) electrons. The third-order valence-electron chi connectivity index (χ3n) is 8.19. The van der Waals surface area contributed by atoms with E-state index < -0.39 is 6.29 Å². The summed E-state index contributed by atoms with van der Waals surface area (Å²) in [5.74, 6) is 0.117. The number of ether oxygens (including phenoxy) is 2. The van der Waals surface area contributed by atoms with Crippen molar-refractivity contribution in [3.8, 4) is 11.1 Å². The van der Waals surface area contributed by atoms with E-state index in [9.17, 15) is 5.11 Å². The van der Waals surface area contributed by atoms with Crippen LogP contribution >= 0.6 is 0 Å². The molecule has 5 rings (SSSR count). The molecule has 5 atom stereocenters. The fourth-order valence-electron chi connectivity index (χ4n) is 5.50. The Kier molecular flexibility index (Phi) is 9.10.